The fourth-order valence-electron chi connectivity index (χ4n) is 4.90. The molecule has 2 saturated heterocycles. The summed E-state index contributed by atoms with van der Waals surface area (Å²) in [5, 5.41) is 22.1. The van der Waals surface area contributed by atoms with Crippen LogP contribution < -0.4 is 10.4 Å². The molecule has 1 aromatic rings. The molecule has 0 radical (unpaired) electrons. The van der Waals surface area contributed by atoms with Crippen LogP contribution in [-0.2, 0) is 15.1 Å². The van der Waals surface area contributed by atoms with Gasteiger partial charge in [-0.05, 0) is 67.0 Å². The van der Waals surface area contributed by atoms with E-state index in [1.807, 2.05) is 33.8 Å². The zero-order valence-corrected chi connectivity index (χ0v) is 19.8. The molecule has 1 aromatic heterocycles. The Morgan fingerprint density at radius 1 is 1.23 bits per heavy atom. The van der Waals surface area contributed by atoms with Crippen LogP contribution in [0.15, 0.2) is 32.5 Å². The fourth-order valence-corrected chi connectivity index (χ4v) is 4.90. The monoisotopic (exact) mass is 434 g/mol. The zero-order valence-electron chi connectivity index (χ0n) is 19.8. The minimum absolute atomic E-state index is 0.00894. The molecular weight excluding hydrogens is 400 g/mol. The first-order valence-electron chi connectivity index (χ1n) is 10.5. The minimum atomic E-state index is -1.84. The second-order valence-corrected chi connectivity index (χ2v) is 9.45. The van der Waals surface area contributed by atoms with E-state index in [2.05, 4.69) is 0 Å². The third-order valence-electron chi connectivity index (χ3n) is 6.71. The second kappa shape index (κ2) is 7.59. The van der Waals surface area contributed by atoms with E-state index < -0.39 is 22.9 Å². The van der Waals surface area contributed by atoms with Crippen molar-refractivity contribution in [2.45, 2.75) is 90.5 Å². The molecule has 7 heteroatoms. The summed E-state index contributed by atoms with van der Waals surface area (Å²) in [6.45, 7) is 14.3. The van der Waals surface area contributed by atoms with E-state index in [0.717, 1.165) is 5.57 Å². The van der Waals surface area contributed by atoms with Crippen molar-refractivity contribution >= 4 is 0 Å². The van der Waals surface area contributed by atoms with Crippen molar-refractivity contribution in [2.75, 3.05) is 7.11 Å². The van der Waals surface area contributed by atoms with Gasteiger partial charge in [-0.1, -0.05) is 11.6 Å². The first-order chi connectivity index (χ1) is 14.2. The van der Waals surface area contributed by atoms with Crippen LogP contribution in [0, 0.1) is 13.8 Å². The van der Waals surface area contributed by atoms with E-state index in [9.17, 15) is 15.0 Å². The van der Waals surface area contributed by atoms with E-state index in [1.165, 1.54) is 14.0 Å². The molecule has 2 N–H and O–H groups in total. The number of ether oxygens (including phenoxy) is 3. The number of aliphatic hydroxyl groups excluding tert-OH is 1. The summed E-state index contributed by atoms with van der Waals surface area (Å²) in [5.41, 5.74) is -1.12. The number of aliphatic hydroxyl groups is 2. The molecule has 7 nitrogen and oxygen atoms in total. The summed E-state index contributed by atoms with van der Waals surface area (Å²) >= 11 is 0. The van der Waals surface area contributed by atoms with Crippen molar-refractivity contribution in [1.82, 2.24) is 0 Å². The highest BCUT2D eigenvalue weighted by molar-refractivity contribution is 5.42. The predicted octanol–water partition coefficient (Wildman–Crippen LogP) is 3.06. The third kappa shape index (κ3) is 3.78. The molecule has 0 aromatic carbocycles. The summed E-state index contributed by atoms with van der Waals surface area (Å²) < 4.78 is 22.7. The van der Waals surface area contributed by atoms with Gasteiger partial charge in [0.05, 0.1) is 18.8 Å². The number of epoxide rings is 1. The summed E-state index contributed by atoms with van der Waals surface area (Å²) in [4.78, 5) is 12.2. The molecule has 0 saturated carbocycles. The minimum Gasteiger partial charge on any atom is -0.496 e. The Morgan fingerprint density at radius 2 is 1.84 bits per heavy atom. The van der Waals surface area contributed by atoms with Gasteiger partial charge in [0.1, 0.15) is 40.5 Å². The average Bonchev–Trinajstić information content (AvgIpc) is 3.34. The lowest BCUT2D eigenvalue weighted by Crippen LogP contribution is -2.39. The van der Waals surface area contributed by atoms with E-state index >= 15 is 0 Å². The maximum atomic E-state index is 12.2. The second-order valence-electron chi connectivity index (χ2n) is 9.45. The highest BCUT2D eigenvalue weighted by Crippen LogP contribution is 2.55. The maximum Gasteiger partial charge on any atom is 0.342 e. The van der Waals surface area contributed by atoms with Gasteiger partial charge in [-0.2, -0.15) is 0 Å². The largest absolute Gasteiger partial charge is 0.496 e. The molecular formula is C24H34O7. The number of hydrogen-bond acceptors (Lipinski definition) is 7. The highest BCUT2D eigenvalue weighted by Gasteiger charge is 2.71. The Labute approximate surface area is 183 Å². The summed E-state index contributed by atoms with van der Waals surface area (Å²) in [6.07, 6.45) is 2.44. The van der Waals surface area contributed by atoms with Crippen LogP contribution >= 0.6 is 0 Å². The third-order valence-corrected chi connectivity index (χ3v) is 6.71. The van der Waals surface area contributed by atoms with Gasteiger partial charge in [-0.25, -0.2) is 4.79 Å². The van der Waals surface area contributed by atoms with Crippen LogP contribution in [0.25, 0.3) is 0 Å². The van der Waals surface area contributed by atoms with Gasteiger partial charge >= 0.3 is 5.63 Å². The molecule has 31 heavy (non-hydrogen) atoms. The Balaban J connectivity index is 1.90. The van der Waals surface area contributed by atoms with Crippen molar-refractivity contribution in [3.63, 3.8) is 0 Å². The predicted molar refractivity (Wildman–Crippen MR) is 116 cm³/mol. The first kappa shape index (κ1) is 23.7. The van der Waals surface area contributed by atoms with Crippen LogP contribution in [0.3, 0.4) is 0 Å². The van der Waals surface area contributed by atoms with Gasteiger partial charge in [-0.15, -0.1) is 0 Å². The standard InChI is InChI=1S/C24H34O7/c1-12(11-22(6)21-24(8,31-21)16(5)30-22)10-13(2)18(25)23(7,27)19-14(3)17(28-9)15(4)20(26)29-19/h10-11,16,18,21,25,27H,1-9H3. The first-order valence-corrected chi connectivity index (χ1v) is 10.5. The van der Waals surface area contributed by atoms with Gasteiger partial charge in [0.25, 0.3) is 0 Å². The molecule has 3 heterocycles. The number of fused-ring (bicyclic) bond motifs is 1. The van der Waals surface area contributed by atoms with Gasteiger partial charge in [0, 0.05) is 5.56 Å². The van der Waals surface area contributed by atoms with Crippen molar-refractivity contribution in [3.8, 4) is 5.75 Å². The van der Waals surface area contributed by atoms with E-state index in [-0.39, 0.29) is 23.6 Å². The molecule has 2 fully saturated rings. The normalized spacial score (nSPS) is 33.6. The molecule has 0 amide bonds. The molecule has 0 bridgehead atoms. The van der Waals surface area contributed by atoms with Crippen LogP contribution in [0.1, 0.15) is 58.4 Å². The lowest BCUT2D eigenvalue weighted by atomic mass is 9.87. The van der Waals surface area contributed by atoms with E-state index in [1.54, 1.807) is 26.8 Å². The van der Waals surface area contributed by atoms with Crippen LogP contribution in [-0.4, -0.2) is 46.8 Å². The SMILES string of the molecule is COc1c(C)c(C(C)(O)C(O)C(C)=CC(C)=CC2(C)OC(C)C3(C)OC23)oc(=O)c1C. The molecule has 0 spiro atoms. The summed E-state index contributed by atoms with van der Waals surface area (Å²) in [6, 6.07) is 0. The number of allylic oxidation sites excluding steroid dienone is 2. The van der Waals surface area contributed by atoms with Crippen molar-refractivity contribution in [1.29, 1.82) is 0 Å². The number of hydrogen-bond donors (Lipinski definition) is 2. The molecule has 0 aliphatic carbocycles. The van der Waals surface area contributed by atoms with Crippen LogP contribution in [0.4, 0.5) is 0 Å². The Morgan fingerprint density at radius 3 is 2.32 bits per heavy atom. The maximum absolute atomic E-state index is 12.2. The van der Waals surface area contributed by atoms with Crippen molar-refractivity contribution < 1.29 is 28.8 Å². The van der Waals surface area contributed by atoms with Gasteiger partial charge in [0.2, 0.25) is 0 Å². The Kier molecular flexibility index (Phi) is 5.81. The average molecular weight is 435 g/mol. The molecule has 172 valence electrons. The molecule has 6 unspecified atom stereocenters. The lowest BCUT2D eigenvalue weighted by molar-refractivity contribution is -0.0720. The zero-order chi connectivity index (χ0) is 23.5. The number of methoxy groups -OCH3 is 1. The summed E-state index contributed by atoms with van der Waals surface area (Å²) in [7, 11) is 1.45. The molecule has 2 aliphatic heterocycles. The fraction of sp³-hybridized carbons (Fsp3) is 0.625. The van der Waals surface area contributed by atoms with Crippen LogP contribution in [0.2, 0.25) is 0 Å². The number of rotatable bonds is 6. The van der Waals surface area contributed by atoms with Crippen LogP contribution in [0.5, 0.6) is 5.75 Å². The highest BCUT2D eigenvalue weighted by atomic mass is 16.7. The van der Waals surface area contributed by atoms with E-state index in [4.69, 9.17) is 18.6 Å². The quantitative estimate of drug-likeness (QED) is 0.524. The lowest BCUT2D eigenvalue weighted by Gasteiger charge is -2.30. The summed E-state index contributed by atoms with van der Waals surface area (Å²) in [5.74, 6) is 0.313. The molecule has 2 aliphatic rings. The molecule has 3 rings (SSSR count). The smallest absolute Gasteiger partial charge is 0.342 e. The molecule has 6 atom stereocenters. The van der Waals surface area contributed by atoms with Gasteiger partial charge in [0.15, 0.2) is 0 Å². The Hall–Kier alpha value is -1.93. The van der Waals surface area contributed by atoms with Crippen molar-refractivity contribution in [2.24, 2.45) is 0 Å². The topological polar surface area (TPSA) is 102 Å². The van der Waals surface area contributed by atoms with E-state index in [0.29, 0.717) is 22.4 Å². The van der Waals surface area contributed by atoms with Gasteiger partial charge in [-0.3, -0.25) is 0 Å². The van der Waals surface area contributed by atoms with Crippen molar-refractivity contribution in [3.05, 3.63) is 50.6 Å². The van der Waals surface area contributed by atoms with Gasteiger partial charge < -0.3 is 28.8 Å². The Bertz CT molecular complexity index is 1000.